The van der Waals surface area contributed by atoms with E-state index in [1.165, 1.54) is 18.4 Å². The van der Waals surface area contributed by atoms with Crippen LogP contribution in [-0.2, 0) is 11.2 Å². The average Bonchev–Trinajstić information content (AvgIpc) is 2.82. The molecule has 4 aliphatic carbocycles. The molecule has 134 valence electrons. The summed E-state index contributed by atoms with van der Waals surface area (Å²) >= 11 is 0. The lowest BCUT2D eigenvalue weighted by Gasteiger charge is -2.59. The van der Waals surface area contributed by atoms with Crippen LogP contribution in [0.1, 0.15) is 51.0 Å². The van der Waals surface area contributed by atoms with Crippen molar-refractivity contribution in [2.75, 3.05) is 6.54 Å². The van der Waals surface area contributed by atoms with E-state index in [0.717, 1.165) is 38.6 Å². The number of nitrogens with zero attached hydrogens (tertiary/aromatic N) is 1. The summed E-state index contributed by atoms with van der Waals surface area (Å²) in [4.78, 5) is 15.6. The third-order valence-electron chi connectivity index (χ3n) is 7.67. The van der Waals surface area contributed by atoms with Gasteiger partial charge in [-0.2, -0.15) is 0 Å². The highest BCUT2D eigenvalue weighted by Crippen LogP contribution is 2.58. The average molecular weight is 339 g/mol. The minimum Gasteiger partial charge on any atom is -0.390 e. The van der Waals surface area contributed by atoms with Gasteiger partial charge in [0.1, 0.15) is 0 Å². The van der Waals surface area contributed by atoms with Gasteiger partial charge in [0.2, 0.25) is 5.91 Å². The molecule has 4 saturated carbocycles. The van der Waals surface area contributed by atoms with E-state index in [4.69, 9.17) is 0 Å². The van der Waals surface area contributed by atoms with Gasteiger partial charge < -0.3 is 10.0 Å². The van der Waals surface area contributed by atoms with Gasteiger partial charge in [-0.3, -0.25) is 4.79 Å². The van der Waals surface area contributed by atoms with E-state index in [-0.39, 0.29) is 5.41 Å². The van der Waals surface area contributed by atoms with Gasteiger partial charge in [-0.05, 0) is 68.3 Å². The quantitative estimate of drug-likeness (QED) is 0.917. The molecule has 3 nitrogen and oxygen atoms in total. The zero-order chi connectivity index (χ0) is 17.2. The first-order chi connectivity index (χ1) is 12.0. The number of likely N-dealkylation sites (tertiary alicyclic amines) is 1. The third-order valence-corrected chi connectivity index (χ3v) is 7.67. The van der Waals surface area contributed by atoms with Crippen molar-refractivity contribution >= 4 is 5.91 Å². The van der Waals surface area contributed by atoms with Gasteiger partial charge in [0.25, 0.3) is 0 Å². The summed E-state index contributed by atoms with van der Waals surface area (Å²) in [6.45, 7) is 3.06. The summed E-state index contributed by atoms with van der Waals surface area (Å²) in [7, 11) is 0. The molecule has 25 heavy (non-hydrogen) atoms. The van der Waals surface area contributed by atoms with Crippen LogP contribution in [0.2, 0.25) is 0 Å². The van der Waals surface area contributed by atoms with Crippen molar-refractivity contribution in [3.8, 4) is 0 Å². The van der Waals surface area contributed by atoms with Crippen molar-refractivity contribution in [2.45, 2.75) is 63.5 Å². The third kappa shape index (κ3) is 2.46. The molecule has 1 saturated heterocycles. The number of benzene rings is 1. The monoisotopic (exact) mass is 339 g/mol. The van der Waals surface area contributed by atoms with Crippen molar-refractivity contribution in [2.24, 2.45) is 23.2 Å². The fourth-order valence-corrected chi connectivity index (χ4v) is 6.88. The smallest absolute Gasteiger partial charge is 0.229 e. The number of amides is 1. The van der Waals surface area contributed by atoms with Crippen LogP contribution in [0.25, 0.3) is 0 Å². The molecule has 1 aromatic rings. The van der Waals surface area contributed by atoms with Crippen LogP contribution in [0.5, 0.6) is 0 Å². The number of aliphatic hydroxyl groups is 1. The Morgan fingerprint density at radius 2 is 1.80 bits per heavy atom. The molecule has 0 aromatic heterocycles. The van der Waals surface area contributed by atoms with Crippen molar-refractivity contribution < 1.29 is 9.90 Å². The predicted molar refractivity (Wildman–Crippen MR) is 96.9 cm³/mol. The highest BCUT2D eigenvalue weighted by atomic mass is 16.3. The Hall–Kier alpha value is -1.35. The molecule has 0 spiro atoms. The molecule has 4 bridgehead atoms. The van der Waals surface area contributed by atoms with Crippen LogP contribution in [0.15, 0.2) is 30.3 Å². The summed E-state index contributed by atoms with van der Waals surface area (Å²) in [5.74, 6) is 2.12. The molecular weight excluding hydrogens is 310 g/mol. The number of rotatable bonds is 3. The molecule has 1 heterocycles. The molecule has 5 aliphatic rings. The first-order valence-corrected chi connectivity index (χ1v) is 10.0. The Kier molecular flexibility index (Phi) is 3.38. The molecule has 5 fully saturated rings. The molecular formula is C22H29NO2. The number of carbonyl (C=O) groups is 1. The zero-order valence-electron chi connectivity index (χ0n) is 15.2. The molecule has 1 amide bonds. The van der Waals surface area contributed by atoms with E-state index in [0.29, 0.717) is 29.7 Å². The number of hydrogen-bond donors (Lipinski definition) is 1. The fourth-order valence-electron chi connectivity index (χ4n) is 6.88. The SMILES string of the molecule is CC1(Cc2ccccc2)CCN(C2C3CC4CC2CC(O)(C4)C3)C1=O. The lowest BCUT2D eigenvalue weighted by Crippen LogP contribution is -2.62. The minimum absolute atomic E-state index is 0.257. The van der Waals surface area contributed by atoms with Crippen molar-refractivity contribution in [1.29, 1.82) is 0 Å². The first-order valence-electron chi connectivity index (χ1n) is 10.0. The second-order valence-electron chi connectivity index (χ2n) is 9.66. The summed E-state index contributed by atoms with van der Waals surface area (Å²) in [5, 5.41) is 10.8. The van der Waals surface area contributed by atoms with E-state index >= 15 is 0 Å². The van der Waals surface area contributed by atoms with Crippen LogP contribution in [0.4, 0.5) is 0 Å². The lowest BCUT2D eigenvalue weighted by molar-refractivity contribution is -0.169. The Labute approximate surface area is 150 Å². The molecule has 3 atom stereocenters. The van der Waals surface area contributed by atoms with Crippen LogP contribution in [0, 0.1) is 23.2 Å². The molecule has 1 N–H and O–H groups in total. The zero-order valence-corrected chi connectivity index (χ0v) is 15.2. The molecule has 6 rings (SSSR count). The van der Waals surface area contributed by atoms with Crippen LogP contribution in [0.3, 0.4) is 0 Å². The van der Waals surface area contributed by atoms with E-state index in [9.17, 15) is 9.90 Å². The van der Waals surface area contributed by atoms with E-state index < -0.39 is 5.60 Å². The first kappa shape index (κ1) is 15.9. The Morgan fingerprint density at radius 1 is 1.12 bits per heavy atom. The molecule has 3 unspecified atom stereocenters. The molecule has 3 heteroatoms. The molecule has 1 aliphatic heterocycles. The highest BCUT2D eigenvalue weighted by Gasteiger charge is 2.58. The van der Waals surface area contributed by atoms with Crippen molar-refractivity contribution in [3.63, 3.8) is 0 Å². The summed E-state index contributed by atoms with van der Waals surface area (Å²) in [5.41, 5.74) is 0.593. The maximum Gasteiger partial charge on any atom is 0.229 e. The fraction of sp³-hybridized carbons (Fsp3) is 0.682. The van der Waals surface area contributed by atoms with Gasteiger partial charge in [0, 0.05) is 12.6 Å². The Bertz CT molecular complexity index is 671. The van der Waals surface area contributed by atoms with Crippen LogP contribution in [-0.4, -0.2) is 34.1 Å². The normalized spacial score (nSPS) is 45.4. The summed E-state index contributed by atoms with van der Waals surface area (Å²) in [6, 6.07) is 10.8. The standard InChI is InChI=1S/C22H29NO2/c1-21(11-15-5-3-2-4-6-15)7-8-23(20(21)24)19-17-9-16-10-18(19)14-22(25,12-16)13-17/h2-6,16-19,25H,7-14H2,1H3. The predicted octanol–water partition coefficient (Wildman–Crippen LogP) is 3.41. The topological polar surface area (TPSA) is 40.5 Å². The van der Waals surface area contributed by atoms with Crippen LogP contribution >= 0.6 is 0 Å². The Morgan fingerprint density at radius 3 is 2.44 bits per heavy atom. The van der Waals surface area contributed by atoms with E-state index in [1.807, 2.05) is 6.07 Å². The molecule has 1 aromatic carbocycles. The van der Waals surface area contributed by atoms with Gasteiger partial charge in [-0.15, -0.1) is 0 Å². The van der Waals surface area contributed by atoms with E-state index in [2.05, 4.69) is 36.1 Å². The second-order valence-corrected chi connectivity index (χ2v) is 9.66. The van der Waals surface area contributed by atoms with Gasteiger partial charge >= 0.3 is 0 Å². The summed E-state index contributed by atoms with van der Waals surface area (Å²) < 4.78 is 0. The Balaban J connectivity index is 1.37. The highest BCUT2D eigenvalue weighted by molar-refractivity contribution is 5.85. The number of carbonyl (C=O) groups excluding carboxylic acids is 1. The maximum absolute atomic E-state index is 13.4. The largest absolute Gasteiger partial charge is 0.390 e. The van der Waals surface area contributed by atoms with Gasteiger partial charge in [0.15, 0.2) is 0 Å². The van der Waals surface area contributed by atoms with Gasteiger partial charge in [-0.1, -0.05) is 37.3 Å². The molecule has 0 radical (unpaired) electrons. The lowest BCUT2D eigenvalue weighted by atomic mass is 9.52. The maximum atomic E-state index is 13.4. The van der Waals surface area contributed by atoms with Crippen LogP contribution < -0.4 is 0 Å². The number of hydrogen-bond acceptors (Lipinski definition) is 2. The van der Waals surface area contributed by atoms with Gasteiger partial charge in [-0.25, -0.2) is 0 Å². The summed E-state index contributed by atoms with van der Waals surface area (Å²) in [6.07, 6.45) is 7.10. The van der Waals surface area contributed by atoms with Crippen molar-refractivity contribution in [1.82, 2.24) is 4.90 Å². The van der Waals surface area contributed by atoms with Gasteiger partial charge in [0.05, 0.1) is 11.0 Å². The van der Waals surface area contributed by atoms with Crippen molar-refractivity contribution in [3.05, 3.63) is 35.9 Å². The minimum atomic E-state index is -0.414. The second kappa shape index (κ2) is 5.33. The van der Waals surface area contributed by atoms with E-state index in [1.54, 1.807) is 0 Å².